The first kappa shape index (κ1) is 16.8. The van der Waals surface area contributed by atoms with Gasteiger partial charge in [-0.1, -0.05) is 24.2 Å². The maximum atomic E-state index is 10.1. The van der Waals surface area contributed by atoms with Gasteiger partial charge in [0.25, 0.3) is 0 Å². The fourth-order valence-corrected chi connectivity index (χ4v) is 4.10. The molecule has 26 heavy (non-hydrogen) atoms. The number of nitriles is 1. The molecule has 0 spiro atoms. The minimum absolute atomic E-state index is 0.0706. The average molecular weight is 366 g/mol. The number of hydrogen-bond acceptors (Lipinski definition) is 7. The van der Waals surface area contributed by atoms with Crippen molar-refractivity contribution in [3.8, 4) is 17.6 Å². The third-order valence-electron chi connectivity index (χ3n) is 4.48. The van der Waals surface area contributed by atoms with E-state index in [0.29, 0.717) is 17.2 Å². The SMILES string of the molecule is N#Cc1cc(Oc2ccc3nc(N[C@@H]4CCCC[C@H]4O)sc3c2)ccn1. The summed E-state index contributed by atoms with van der Waals surface area (Å²) in [5.74, 6) is 1.25. The van der Waals surface area contributed by atoms with E-state index in [1.165, 1.54) is 0 Å². The Labute approximate surface area is 155 Å². The molecule has 3 aromatic rings. The maximum absolute atomic E-state index is 10.1. The fraction of sp³-hybridized carbons (Fsp3) is 0.316. The molecule has 0 amide bonds. The molecule has 1 aromatic carbocycles. The second-order valence-corrected chi connectivity index (χ2v) is 7.37. The van der Waals surface area contributed by atoms with E-state index in [4.69, 9.17) is 10.00 Å². The number of benzene rings is 1. The summed E-state index contributed by atoms with van der Waals surface area (Å²) >= 11 is 1.55. The minimum Gasteiger partial charge on any atom is -0.457 e. The molecule has 1 aliphatic rings. The standard InChI is InChI=1S/C19H18N4O2S/c20-11-12-9-14(7-8-21-12)25-13-5-6-16-18(10-13)26-19(23-16)22-15-3-1-2-4-17(15)24/h5-10,15,17,24H,1-4H2,(H,22,23)/t15-,17-/m1/s1. The van der Waals surface area contributed by atoms with Crippen molar-refractivity contribution < 1.29 is 9.84 Å². The highest BCUT2D eigenvalue weighted by Crippen LogP contribution is 2.32. The van der Waals surface area contributed by atoms with Crippen LogP contribution in [0.15, 0.2) is 36.5 Å². The van der Waals surface area contributed by atoms with Crippen molar-refractivity contribution in [3.05, 3.63) is 42.2 Å². The molecule has 2 aromatic heterocycles. The number of nitrogens with one attached hydrogen (secondary N) is 1. The van der Waals surface area contributed by atoms with Crippen molar-refractivity contribution in [2.24, 2.45) is 0 Å². The van der Waals surface area contributed by atoms with Crippen LogP contribution in [-0.2, 0) is 0 Å². The summed E-state index contributed by atoms with van der Waals surface area (Å²) < 4.78 is 6.84. The molecule has 132 valence electrons. The normalized spacial score (nSPS) is 19.8. The monoisotopic (exact) mass is 366 g/mol. The van der Waals surface area contributed by atoms with Crippen molar-refractivity contribution in [2.75, 3.05) is 5.32 Å². The van der Waals surface area contributed by atoms with E-state index in [2.05, 4.69) is 15.3 Å². The summed E-state index contributed by atoms with van der Waals surface area (Å²) in [6.45, 7) is 0. The van der Waals surface area contributed by atoms with Gasteiger partial charge in [0.15, 0.2) is 5.13 Å². The number of fused-ring (bicyclic) bond motifs is 1. The lowest BCUT2D eigenvalue weighted by atomic mass is 9.93. The molecule has 7 heteroatoms. The van der Waals surface area contributed by atoms with E-state index in [9.17, 15) is 5.11 Å². The smallest absolute Gasteiger partial charge is 0.184 e. The van der Waals surface area contributed by atoms with Crippen LogP contribution in [0, 0.1) is 11.3 Å². The van der Waals surface area contributed by atoms with Gasteiger partial charge < -0.3 is 15.2 Å². The van der Waals surface area contributed by atoms with Crippen LogP contribution in [0.5, 0.6) is 11.5 Å². The molecule has 1 saturated carbocycles. The highest BCUT2D eigenvalue weighted by Gasteiger charge is 2.23. The van der Waals surface area contributed by atoms with Gasteiger partial charge in [0.2, 0.25) is 0 Å². The first-order valence-electron chi connectivity index (χ1n) is 8.60. The van der Waals surface area contributed by atoms with Crippen molar-refractivity contribution in [2.45, 2.75) is 37.8 Å². The van der Waals surface area contributed by atoms with Crippen LogP contribution in [0.4, 0.5) is 5.13 Å². The highest BCUT2D eigenvalue weighted by molar-refractivity contribution is 7.22. The lowest BCUT2D eigenvalue weighted by Gasteiger charge is -2.27. The number of hydrogen-bond donors (Lipinski definition) is 2. The molecule has 2 heterocycles. The van der Waals surface area contributed by atoms with Crippen LogP contribution in [0.2, 0.25) is 0 Å². The van der Waals surface area contributed by atoms with Gasteiger partial charge in [-0.05, 0) is 31.0 Å². The minimum atomic E-state index is -0.310. The summed E-state index contributed by atoms with van der Waals surface area (Å²) in [4.78, 5) is 8.54. The molecule has 0 bridgehead atoms. The Hall–Kier alpha value is -2.69. The third kappa shape index (κ3) is 3.62. The average Bonchev–Trinajstić information content (AvgIpc) is 3.05. The zero-order valence-corrected chi connectivity index (χ0v) is 14.9. The van der Waals surface area contributed by atoms with Crippen LogP contribution in [-0.4, -0.2) is 27.2 Å². The van der Waals surface area contributed by atoms with E-state index in [1.807, 2.05) is 24.3 Å². The van der Waals surface area contributed by atoms with Gasteiger partial charge in [0.05, 0.1) is 22.4 Å². The predicted octanol–water partition coefficient (Wildman–Crippen LogP) is 4.07. The van der Waals surface area contributed by atoms with E-state index in [1.54, 1.807) is 29.7 Å². The number of aromatic nitrogens is 2. The fourth-order valence-electron chi connectivity index (χ4n) is 3.14. The van der Waals surface area contributed by atoms with Crippen LogP contribution in [0.1, 0.15) is 31.4 Å². The van der Waals surface area contributed by atoms with Gasteiger partial charge in [-0.15, -0.1) is 0 Å². The largest absolute Gasteiger partial charge is 0.457 e. The summed E-state index contributed by atoms with van der Waals surface area (Å²) in [7, 11) is 0. The molecule has 0 unspecified atom stereocenters. The Morgan fingerprint density at radius 3 is 2.88 bits per heavy atom. The number of ether oxygens (including phenoxy) is 1. The zero-order chi connectivity index (χ0) is 17.9. The van der Waals surface area contributed by atoms with Crippen LogP contribution < -0.4 is 10.1 Å². The summed E-state index contributed by atoms with van der Waals surface area (Å²) in [5.41, 5.74) is 1.21. The Morgan fingerprint density at radius 1 is 1.19 bits per heavy atom. The van der Waals surface area contributed by atoms with Crippen LogP contribution in [0.25, 0.3) is 10.2 Å². The predicted molar refractivity (Wildman–Crippen MR) is 101 cm³/mol. The molecule has 0 radical (unpaired) electrons. The quantitative estimate of drug-likeness (QED) is 0.723. The van der Waals surface area contributed by atoms with Crippen LogP contribution >= 0.6 is 11.3 Å². The molecule has 1 aliphatic carbocycles. The first-order chi connectivity index (χ1) is 12.7. The molecule has 2 atom stereocenters. The lowest BCUT2D eigenvalue weighted by molar-refractivity contribution is 0.116. The number of anilines is 1. The van der Waals surface area contributed by atoms with Gasteiger partial charge in [-0.2, -0.15) is 5.26 Å². The maximum Gasteiger partial charge on any atom is 0.184 e. The molecule has 1 fully saturated rings. The van der Waals surface area contributed by atoms with E-state index in [-0.39, 0.29) is 12.1 Å². The van der Waals surface area contributed by atoms with Crippen molar-refractivity contribution in [1.82, 2.24) is 9.97 Å². The number of aliphatic hydroxyl groups is 1. The zero-order valence-electron chi connectivity index (χ0n) is 14.1. The second-order valence-electron chi connectivity index (χ2n) is 6.34. The Balaban J connectivity index is 1.53. The van der Waals surface area contributed by atoms with Gasteiger partial charge in [-0.3, -0.25) is 0 Å². The highest BCUT2D eigenvalue weighted by atomic mass is 32.1. The van der Waals surface area contributed by atoms with E-state index < -0.39 is 0 Å². The molecule has 0 aliphatic heterocycles. The summed E-state index contributed by atoms with van der Waals surface area (Å²) in [6, 6.07) is 11.1. The Kier molecular flexibility index (Phi) is 4.69. The molecule has 4 rings (SSSR count). The summed E-state index contributed by atoms with van der Waals surface area (Å²) in [6.07, 6.45) is 5.27. The molecule has 2 N–H and O–H groups in total. The molecular weight excluding hydrogens is 348 g/mol. The summed E-state index contributed by atoms with van der Waals surface area (Å²) in [5, 5.41) is 23.2. The van der Waals surface area contributed by atoms with E-state index >= 15 is 0 Å². The number of rotatable bonds is 4. The van der Waals surface area contributed by atoms with Gasteiger partial charge in [0, 0.05) is 18.3 Å². The number of aliphatic hydroxyl groups excluding tert-OH is 1. The number of thiazole rings is 1. The van der Waals surface area contributed by atoms with Crippen molar-refractivity contribution >= 4 is 26.7 Å². The van der Waals surface area contributed by atoms with Crippen LogP contribution in [0.3, 0.4) is 0 Å². The van der Waals surface area contributed by atoms with Crippen molar-refractivity contribution in [3.63, 3.8) is 0 Å². The Bertz CT molecular complexity index is 966. The number of pyridine rings is 1. The second kappa shape index (κ2) is 7.28. The molecular formula is C19H18N4O2S. The Morgan fingerprint density at radius 2 is 2.04 bits per heavy atom. The first-order valence-corrected chi connectivity index (χ1v) is 9.42. The van der Waals surface area contributed by atoms with Crippen molar-refractivity contribution in [1.29, 1.82) is 5.26 Å². The van der Waals surface area contributed by atoms with E-state index in [0.717, 1.165) is 41.0 Å². The molecule has 0 saturated heterocycles. The van der Waals surface area contributed by atoms with Gasteiger partial charge >= 0.3 is 0 Å². The van der Waals surface area contributed by atoms with Gasteiger partial charge in [-0.25, -0.2) is 9.97 Å². The van der Waals surface area contributed by atoms with Gasteiger partial charge in [0.1, 0.15) is 23.3 Å². The lowest BCUT2D eigenvalue weighted by Crippen LogP contribution is -2.36. The third-order valence-corrected chi connectivity index (χ3v) is 5.43. The number of nitrogens with zero attached hydrogens (tertiary/aromatic N) is 3. The topological polar surface area (TPSA) is 91.1 Å². The molecule has 6 nitrogen and oxygen atoms in total.